The number of nitrogens with one attached hydrogen (secondary N) is 1. The number of ether oxygens (including phenoxy) is 1. The van der Waals surface area contributed by atoms with Gasteiger partial charge in [-0.05, 0) is 89.5 Å². The molecule has 9 nitrogen and oxygen atoms in total. The molecule has 0 aromatic rings. The average molecular weight is 1000 g/mol. The first-order valence-electron chi connectivity index (χ1n) is 28.4. The van der Waals surface area contributed by atoms with E-state index in [1.54, 1.807) is 0 Å². The van der Waals surface area contributed by atoms with Crippen molar-refractivity contribution in [2.24, 2.45) is 0 Å². The molecule has 2 N–H and O–H groups in total. The second-order valence-electron chi connectivity index (χ2n) is 20.1. The van der Waals surface area contributed by atoms with Crippen LogP contribution in [0.1, 0.15) is 233 Å². The standard InChI is InChI=1S/C60H107N2O7P/c1-7-10-13-16-19-22-25-28-29-30-31-32-33-35-37-40-43-46-49-52-59(63)61-57(56-68-70(65,66)67-55-54-62(4,5)6)58(51-48-45-42-39-36-27-24-21-18-15-12-9-3)69-60(64)53-50-47-44-41-38-34-26-23-20-17-14-11-8-2/h11,14,17,19-20,22-23,26,28-29,31-32,48,51,57-58H,7-10,12-13,15-16,18,21,24-25,27,30,33-47,49-50,52-56H2,1-6H3,(H-,61,63,65,66)/p+1/b14-11+,20-17+,22-19-,26-23-,29-28-,32-31-,51-48-. The van der Waals surface area contributed by atoms with Gasteiger partial charge in [-0.1, -0.05) is 215 Å². The highest BCUT2D eigenvalue weighted by Gasteiger charge is 2.30. The van der Waals surface area contributed by atoms with Crippen molar-refractivity contribution in [1.82, 2.24) is 5.32 Å². The van der Waals surface area contributed by atoms with Crippen molar-refractivity contribution in [1.29, 1.82) is 0 Å². The Hall–Kier alpha value is -2.81. The first kappa shape index (κ1) is 67.2. The number of nitrogens with zero attached hydrogens (tertiary/aromatic N) is 1. The summed E-state index contributed by atoms with van der Waals surface area (Å²) in [6.07, 6.45) is 64.3. The van der Waals surface area contributed by atoms with Crippen LogP contribution in [0.15, 0.2) is 85.1 Å². The molecule has 0 radical (unpaired) electrons. The largest absolute Gasteiger partial charge is 0.472 e. The summed E-state index contributed by atoms with van der Waals surface area (Å²) >= 11 is 0. The van der Waals surface area contributed by atoms with Crippen LogP contribution in [0, 0.1) is 0 Å². The number of quaternary nitrogens is 1. The molecule has 0 heterocycles. The number of rotatable bonds is 50. The van der Waals surface area contributed by atoms with Crippen LogP contribution in [0.2, 0.25) is 0 Å². The number of carbonyl (C=O) groups is 2. The zero-order valence-corrected chi connectivity index (χ0v) is 46.9. The van der Waals surface area contributed by atoms with Gasteiger partial charge in [-0.15, -0.1) is 0 Å². The van der Waals surface area contributed by atoms with E-state index >= 15 is 0 Å². The van der Waals surface area contributed by atoms with Gasteiger partial charge in [0.15, 0.2) is 0 Å². The molecule has 0 rings (SSSR count). The second-order valence-corrected chi connectivity index (χ2v) is 21.6. The Morgan fingerprint density at radius 2 is 0.971 bits per heavy atom. The molecule has 1 amide bonds. The lowest BCUT2D eigenvalue weighted by Gasteiger charge is -2.27. The molecule has 0 aliphatic carbocycles. The lowest BCUT2D eigenvalue weighted by atomic mass is 10.0. The second kappa shape index (κ2) is 49.8. The summed E-state index contributed by atoms with van der Waals surface area (Å²) in [4.78, 5) is 37.5. The molecule has 0 spiro atoms. The minimum atomic E-state index is -4.46. The number of carbonyl (C=O) groups excluding carboxylic acids is 2. The fourth-order valence-electron chi connectivity index (χ4n) is 7.71. The quantitative estimate of drug-likeness (QED) is 0.0156. The highest BCUT2D eigenvalue weighted by Crippen LogP contribution is 2.43. The van der Waals surface area contributed by atoms with Crippen LogP contribution < -0.4 is 5.32 Å². The van der Waals surface area contributed by atoms with Gasteiger partial charge in [-0.3, -0.25) is 18.6 Å². The molecule has 404 valence electrons. The Morgan fingerprint density at radius 1 is 0.529 bits per heavy atom. The topological polar surface area (TPSA) is 111 Å². The third-order valence-corrected chi connectivity index (χ3v) is 13.1. The normalized spacial score (nSPS) is 14.4. The van der Waals surface area contributed by atoms with Crippen molar-refractivity contribution >= 4 is 19.7 Å². The third-order valence-electron chi connectivity index (χ3n) is 12.1. The maximum absolute atomic E-state index is 13.5. The van der Waals surface area contributed by atoms with Crippen molar-refractivity contribution < 1.29 is 37.3 Å². The number of esters is 1. The number of hydrogen-bond acceptors (Lipinski definition) is 6. The zero-order chi connectivity index (χ0) is 51.5. The molecule has 0 aromatic carbocycles. The van der Waals surface area contributed by atoms with E-state index in [4.69, 9.17) is 13.8 Å². The van der Waals surface area contributed by atoms with E-state index in [-0.39, 0.29) is 31.5 Å². The number of phosphoric acid groups is 1. The predicted octanol–water partition coefficient (Wildman–Crippen LogP) is 17.0. The highest BCUT2D eigenvalue weighted by molar-refractivity contribution is 7.47. The SMILES string of the molecule is CC/C=C/C=C/C=C\CCCCCCCC(=O)OC(/C=C\CCCCCCCCCCCC)C(COP(=O)(O)OCC[N+](C)(C)C)NC(=O)CCCCCCCC/C=C\C/C=C\C/C=C\CCCCC. The molecule has 0 saturated heterocycles. The van der Waals surface area contributed by atoms with E-state index in [9.17, 15) is 19.0 Å². The number of allylic oxidation sites excluding steroid dienone is 13. The van der Waals surface area contributed by atoms with Crippen LogP contribution in [0.3, 0.4) is 0 Å². The van der Waals surface area contributed by atoms with E-state index < -0.39 is 20.0 Å². The maximum Gasteiger partial charge on any atom is 0.472 e. The van der Waals surface area contributed by atoms with Gasteiger partial charge < -0.3 is 19.4 Å². The van der Waals surface area contributed by atoms with Crippen molar-refractivity contribution in [2.45, 2.75) is 245 Å². The predicted molar refractivity (Wildman–Crippen MR) is 300 cm³/mol. The van der Waals surface area contributed by atoms with E-state index in [1.165, 1.54) is 83.5 Å². The minimum absolute atomic E-state index is 0.0301. The van der Waals surface area contributed by atoms with Gasteiger partial charge >= 0.3 is 13.8 Å². The van der Waals surface area contributed by atoms with Crippen LogP contribution in [0.5, 0.6) is 0 Å². The zero-order valence-electron chi connectivity index (χ0n) is 46.0. The van der Waals surface area contributed by atoms with E-state index in [0.29, 0.717) is 23.9 Å². The van der Waals surface area contributed by atoms with Gasteiger partial charge in [0.1, 0.15) is 19.3 Å². The van der Waals surface area contributed by atoms with Gasteiger partial charge in [-0.25, -0.2) is 4.57 Å². The molecule has 0 saturated carbocycles. The molecule has 70 heavy (non-hydrogen) atoms. The van der Waals surface area contributed by atoms with Gasteiger partial charge in [0.2, 0.25) is 5.91 Å². The monoisotopic (exact) mass is 1000 g/mol. The molecule has 0 bridgehead atoms. The number of unbranched alkanes of at least 4 members (excludes halogenated alkanes) is 24. The van der Waals surface area contributed by atoms with Gasteiger partial charge in [0.05, 0.1) is 33.8 Å². The number of hydrogen-bond donors (Lipinski definition) is 2. The van der Waals surface area contributed by atoms with E-state index in [1.807, 2.05) is 33.3 Å². The molecule has 0 fully saturated rings. The molecule has 0 aliphatic rings. The molecule has 0 aromatic heterocycles. The Labute approximate surface area is 431 Å². The van der Waals surface area contributed by atoms with Crippen LogP contribution in [0.25, 0.3) is 0 Å². The first-order valence-corrected chi connectivity index (χ1v) is 29.9. The first-order chi connectivity index (χ1) is 33.9. The van der Waals surface area contributed by atoms with Crippen molar-refractivity contribution in [2.75, 3.05) is 40.9 Å². The average Bonchev–Trinajstić information content (AvgIpc) is 3.32. The van der Waals surface area contributed by atoms with Crippen molar-refractivity contribution in [3.05, 3.63) is 85.1 Å². The number of amides is 1. The van der Waals surface area contributed by atoms with Crippen LogP contribution in [-0.4, -0.2) is 74.3 Å². The van der Waals surface area contributed by atoms with E-state index in [0.717, 1.165) is 109 Å². The lowest BCUT2D eigenvalue weighted by Crippen LogP contribution is -2.47. The molecular weight excluding hydrogens is 892 g/mol. The summed E-state index contributed by atoms with van der Waals surface area (Å²) in [5.41, 5.74) is 0. The summed E-state index contributed by atoms with van der Waals surface area (Å²) in [6, 6.07) is -0.867. The molecule has 0 aliphatic heterocycles. The summed E-state index contributed by atoms with van der Waals surface area (Å²) in [6.45, 7) is 6.81. The Bertz CT molecular complexity index is 1480. The maximum atomic E-state index is 13.5. The molecular formula is C60H108N2O7P+. The van der Waals surface area contributed by atoms with Gasteiger partial charge in [0.25, 0.3) is 0 Å². The molecule has 10 heteroatoms. The molecule has 3 unspecified atom stereocenters. The fourth-order valence-corrected chi connectivity index (χ4v) is 8.45. The van der Waals surface area contributed by atoms with Crippen molar-refractivity contribution in [3.8, 4) is 0 Å². The summed E-state index contributed by atoms with van der Waals surface area (Å²) in [7, 11) is 1.46. The van der Waals surface area contributed by atoms with Crippen LogP contribution >= 0.6 is 7.82 Å². The van der Waals surface area contributed by atoms with Crippen LogP contribution in [0.4, 0.5) is 0 Å². The Morgan fingerprint density at radius 3 is 1.51 bits per heavy atom. The van der Waals surface area contributed by atoms with Gasteiger partial charge in [-0.2, -0.15) is 0 Å². The Balaban J connectivity index is 5.38. The number of likely N-dealkylation sites (N-methyl/N-ethyl adjacent to an activating group) is 1. The Kier molecular flexibility index (Phi) is 47.8. The smallest absolute Gasteiger partial charge is 0.456 e. The van der Waals surface area contributed by atoms with E-state index in [2.05, 4.69) is 99.0 Å². The molecule has 3 atom stereocenters. The summed E-state index contributed by atoms with van der Waals surface area (Å²) in [5.74, 6) is -0.548. The van der Waals surface area contributed by atoms with Crippen molar-refractivity contribution in [3.63, 3.8) is 0 Å². The summed E-state index contributed by atoms with van der Waals surface area (Å²) < 4.78 is 30.6. The van der Waals surface area contributed by atoms with Crippen LogP contribution in [-0.2, 0) is 27.9 Å². The minimum Gasteiger partial charge on any atom is -0.456 e. The summed E-state index contributed by atoms with van der Waals surface area (Å²) in [5, 5.41) is 3.03. The highest BCUT2D eigenvalue weighted by atomic mass is 31.2. The van der Waals surface area contributed by atoms with Gasteiger partial charge in [0, 0.05) is 12.8 Å². The fraction of sp³-hybridized carbons (Fsp3) is 0.733. The number of phosphoric ester groups is 1. The third kappa shape index (κ3) is 50.1. The lowest BCUT2D eigenvalue weighted by molar-refractivity contribution is -0.870.